The summed E-state index contributed by atoms with van der Waals surface area (Å²) < 4.78 is 48.8. The van der Waals surface area contributed by atoms with Gasteiger partial charge in [0, 0.05) is 0 Å². The molecule has 8 nitrogen and oxygen atoms in total. The summed E-state index contributed by atoms with van der Waals surface area (Å²) in [7, 11) is -18.4. The molecule has 0 radical (unpaired) electrons. The molecule has 0 rings (SSSR count). The molecular formula is C28H80O8Si11. The second-order valence-electron chi connectivity index (χ2n) is 18.3. The molecule has 2 unspecified atom stereocenters. The molecule has 0 aliphatic rings. The second kappa shape index (κ2) is 20.1. The molecular weight excluding hydrogens is 773 g/mol. The Morgan fingerprint density at radius 2 is 0.574 bits per heavy atom. The van der Waals surface area contributed by atoms with Gasteiger partial charge >= 0.3 is 25.7 Å². The molecule has 284 valence electrons. The quantitative estimate of drug-likeness (QED) is 0.126. The van der Waals surface area contributed by atoms with Crippen LogP contribution in [0.1, 0.15) is 0 Å². The summed E-state index contributed by atoms with van der Waals surface area (Å²) in [5.41, 5.74) is 3.90. The Labute approximate surface area is 306 Å². The normalized spacial score (nSPS) is 15.5. The Kier molecular flexibility index (Phi) is 22.7. The molecule has 0 fully saturated rings. The van der Waals surface area contributed by atoms with Gasteiger partial charge in [-0.3, -0.25) is 0 Å². The van der Waals surface area contributed by atoms with Crippen LogP contribution in [0.15, 0.2) is 24.6 Å². The maximum Gasteiger partial charge on any atom is 0.312 e. The van der Waals surface area contributed by atoms with Crippen molar-refractivity contribution >= 4 is 94.2 Å². The average Bonchev–Trinajstić information content (AvgIpc) is 2.65. The second-order valence-corrected chi connectivity index (χ2v) is 60.1. The van der Waals surface area contributed by atoms with Gasteiger partial charge < -0.3 is 32.9 Å². The van der Waals surface area contributed by atoms with E-state index in [2.05, 4.69) is 170 Å². The van der Waals surface area contributed by atoms with Crippen LogP contribution in [0.5, 0.6) is 0 Å². The summed E-state index contributed by atoms with van der Waals surface area (Å²) >= 11 is 0. The molecule has 0 N–H and O–H groups in total. The van der Waals surface area contributed by atoms with Crippen molar-refractivity contribution in [1.82, 2.24) is 0 Å². The van der Waals surface area contributed by atoms with Crippen molar-refractivity contribution in [3.63, 3.8) is 0 Å². The molecule has 0 aromatic heterocycles. The van der Waals surface area contributed by atoms with E-state index in [1.807, 2.05) is 11.4 Å². The van der Waals surface area contributed by atoms with Gasteiger partial charge in [-0.1, -0.05) is 11.4 Å². The monoisotopic (exact) mass is 852 g/mol. The maximum atomic E-state index is 6.14. The van der Waals surface area contributed by atoms with Crippen molar-refractivity contribution in [3.8, 4) is 0 Å². The molecule has 0 saturated heterocycles. The van der Waals surface area contributed by atoms with E-state index in [9.17, 15) is 0 Å². The Balaban J connectivity index is -0.000000618. The Bertz CT molecular complexity index is 849. The number of hydrogen-bond acceptors (Lipinski definition) is 8. The average molecular weight is 854 g/mol. The molecule has 0 amide bonds. The van der Waals surface area contributed by atoms with Gasteiger partial charge in [-0.15, -0.1) is 13.2 Å². The summed E-state index contributed by atoms with van der Waals surface area (Å²) in [6.07, 6.45) is 0. The van der Waals surface area contributed by atoms with Crippen molar-refractivity contribution in [2.75, 3.05) is 0 Å². The first-order valence-electron chi connectivity index (χ1n) is 16.9. The standard InChI is InChI=1S/C10H24O2Si3.2C9H28O3Si4/c1-9-13(3,4)11-15(7,8)12-14(5,6)10-2;2*1-13(10-14(2,3)4)11-16(8,9)12-15(5,6)7/h9-10H,1-2H2,3-8H3;2*13H,1-9H3. The predicted octanol–water partition coefficient (Wildman–Crippen LogP) is 10.1. The molecule has 0 saturated carbocycles. The third kappa shape index (κ3) is 37.1. The molecule has 19 heteroatoms. The summed E-state index contributed by atoms with van der Waals surface area (Å²) in [5.74, 6) is 0. The predicted molar refractivity (Wildman–Crippen MR) is 236 cm³/mol. The van der Waals surface area contributed by atoms with Gasteiger partial charge in [0.25, 0.3) is 18.6 Å². The smallest absolute Gasteiger partial charge is 0.312 e. The van der Waals surface area contributed by atoms with E-state index in [1.165, 1.54) is 0 Å². The fourth-order valence-electron chi connectivity index (χ4n) is 4.74. The molecule has 0 heterocycles. The van der Waals surface area contributed by atoms with Gasteiger partial charge in [-0.2, -0.15) is 0 Å². The minimum absolute atomic E-state index is 1.46. The van der Waals surface area contributed by atoms with Crippen LogP contribution in [0.3, 0.4) is 0 Å². The van der Waals surface area contributed by atoms with E-state index in [0.29, 0.717) is 0 Å². The van der Waals surface area contributed by atoms with Crippen LogP contribution in [0.25, 0.3) is 0 Å². The minimum atomic E-state index is -2.04. The van der Waals surface area contributed by atoms with Crippen molar-refractivity contribution < 1.29 is 32.9 Å². The van der Waals surface area contributed by atoms with E-state index >= 15 is 0 Å². The topological polar surface area (TPSA) is 73.8 Å². The molecule has 2 atom stereocenters. The van der Waals surface area contributed by atoms with Gasteiger partial charge in [0.15, 0.2) is 49.9 Å². The van der Waals surface area contributed by atoms with Crippen molar-refractivity contribution in [3.05, 3.63) is 24.6 Å². The Morgan fingerprint density at radius 1 is 0.340 bits per heavy atom. The Morgan fingerprint density at radius 3 is 0.745 bits per heavy atom. The first kappa shape index (κ1) is 52.9. The molecule has 0 bridgehead atoms. The van der Waals surface area contributed by atoms with Crippen molar-refractivity contribution in [2.24, 2.45) is 0 Å². The molecule has 0 aromatic rings. The van der Waals surface area contributed by atoms with Crippen LogP contribution in [-0.4, -0.2) is 94.2 Å². The molecule has 0 aliphatic heterocycles. The van der Waals surface area contributed by atoms with Crippen molar-refractivity contribution in [2.45, 2.75) is 157 Å². The molecule has 47 heavy (non-hydrogen) atoms. The Hall–Kier alpha value is 1.55. The first-order chi connectivity index (χ1) is 20.2. The third-order valence-corrected chi connectivity index (χ3v) is 39.5. The largest absolute Gasteiger partial charge is 0.439 e. The lowest BCUT2D eigenvalue weighted by Crippen LogP contribution is -2.51. The first-order valence-corrected chi connectivity index (χ1v) is 49.2. The maximum absolute atomic E-state index is 6.14. The van der Waals surface area contributed by atoms with Crippen LogP contribution in [0.2, 0.25) is 157 Å². The summed E-state index contributed by atoms with van der Waals surface area (Å²) in [5, 5.41) is 0. The lowest BCUT2D eigenvalue weighted by molar-refractivity contribution is 0.350. The van der Waals surface area contributed by atoms with E-state index in [4.69, 9.17) is 32.9 Å². The zero-order chi connectivity index (χ0) is 38.7. The van der Waals surface area contributed by atoms with Crippen LogP contribution < -0.4 is 0 Å². The van der Waals surface area contributed by atoms with Crippen LogP contribution >= 0.6 is 0 Å². The summed E-state index contributed by atoms with van der Waals surface area (Å²) in [6.45, 7) is 59.6. The van der Waals surface area contributed by atoms with Gasteiger partial charge in [0.05, 0.1) is 0 Å². The third-order valence-electron chi connectivity index (χ3n) is 5.04. The van der Waals surface area contributed by atoms with Crippen LogP contribution in [-0.2, 0) is 32.9 Å². The van der Waals surface area contributed by atoms with Gasteiger partial charge in [-0.25, -0.2) is 0 Å². The molecule has 0 aliphatic carbocycles. The van der Waals surface area contributed by atoms with E-state index < -0.39 is 94.2 Å². The lowest BCUT2D eigenvalue weighted by Gasteiger charge is -2.36. The van der Waals surface area contributed by atoms with Crippen LogP contribution in [0.4, 0.5) is 0 Å². The number of hydrogen-bond donors (Lipinski definition) is 0. The zero-order valence-corrected chi connectivity index (χ0v) is 46.8. The molecule has 0 aromatic carbocycles. The highest BCUT2D eigenvalue weighted by atomic mass is 28.5. The SMILES string of the molecule is C=C[Si](C)(C)O[Si](C)(C)O[Si](C)(C)C=C.C[SiH](O[Si](C)(C)C)O[Si](C)(C)O[Si](C)(C)C.C[SiH](O[Si](C)(C)C)O[Si](C)(C)O[Si](C)(C)C. The highest BCUT2D eigenvalue weighted by molar-refractivity contribution is 6.91. The summed E-state index contributed by atoms with van der Waals surface area (Å²) in [6, 6.07) is 0. The van der Waals surface area contributed by atoms with Gasteiger partial charge in [0.1, 0.15) is 0 Å². The summed E-state index contributed by atoms with van der Waals surface area (Å²) in [4.78, 5) is 0. The fourth-order valence-corrected chi connectivity index (χ4v) is 44.7. The van der Waals surface area contributed by atoms with E-state index in [0.717, 1.165) is 0 Å². The zero-order valence-electron chi connectivity index (χ0n) is 35.5. The van der Waals surface area contributed by atoms with Crippen LogP contribution in [0, 0.1) is 0 Å². The lowest BCUT2D eigenvalue weighted by atomic mass is 11.3. The van der Waals surface area contributed by atoms with E-state index in [1.54, 1.807) is 0 Å². The van der Waals surface area contributed by atoms with Gasteiger partial charge in [0.2, 0.25) is 0 Å². The van der Waals surface area contributed by atoms with E-state index in [-0.39, 0.29) is 0 Å². The van der Waals surface area contributed by atoms with Crippen molar-refractivity contribution in [1.29, 1.82) is 0 Å². The number of rotatable bonds is 18. The highest BCUT2D eigenvalue weighted by Crippen LogP contribution is 2.22. The minimum Gasteiger partial charge on any atom is -0.439 e. The molecule has 0 spiro atoms. The fraction of sp³-hybridized carbons (Fsp3) is 0.857. The van der Waals surface area contributed by atoms with Gasteiger partial charge in [-0.05, 0) is 157 Å². The highest BCUT2D eigenvalue weighted by Gasteiger charge is 2.38.